The van der Waals surface area contributed by atoms with Gasteiger partial charge in [0.15, 0.2) is 14.6 Å². The van der Waals surface area contributed by atoms with Crippen LogP contribution in [0.15, 0.2) is 52.4 Å². The molecule has 2 aromatic carbocycles. The van der Waals surface area contributed by atoms with Crippen molar-refractivity contribution in [3.63, 3.8) is 0 Å². The molecule has 3 rings (SSSR count). The van der Waals surface area contributed by atoms with Crippen molar-refractivity contribution < 1.29 is 18.1 Å². The Balaban J connectivity index is 2.03. The van der Waals surface area contributed by atoms with Crippen LogP contribution in [-0.2, 0) is 16.9 Å². The van der Waals surface area contributed by atoms with E-state index in [0.29, 0.717) is 10.3 Å². The number of thiazole rings is 1. The Morgan fingerprint density at radius 2 is 1.85 bits per heavy atom. The van der Waals surface area contributed by atoms with Crippen molar-refractivity contribution >= 4 is 43.0 Å². The molecule has 0 aliphatic rings. The van der Waals surface area contributed by atoms with E-state index in [9.17, 15) is 23.3 Å². The van der Waals surface area contributed by atoms with Crippen LogP contribution in [0.25, 0.3) is 10.2 Å². The number of fused-ring (bicyclic) bond motifs is 1. The van der Waals surface area contributed by atoms with E-state index < -0.39 is 20.7 Å². The minimum atomic E-state index is -3.34. The molecule has 8 nitrogen and oxygen atoms in total. The van der Waals surface area contributed by atoms with Crippen LogP contribution in [0.4, 0.5) is 5.69 Å². The maximum atomic E-state index is 12.3. The lowest BCUT2D eigenvalue weighted by atomic mass is 10.2. The fourth-order valence-electron chi connectivity index (χ4n) is 2.33. The van der Waals surface area contributed by atoms with Crippen LogP contribution in [-0.4, -0.2) is 30.1 Å². The molecule has 10 heteroatoms. The van der Waals surface area contributed by atoms with E-state index in [1.807, 2.05) is 0 Å². The van der Waals surface area contributed by atoms with Gasteiger partial charge in [-0.05, 0) is 30.3 Å². The summed E-state index contributed by atoms with van der Waals surface area (Å²) in [4.78, 5) is 27.3. The smallest absolute Gasteiger partial charge is 0.279 e. The maximum absolute atomic E-state index is 12.3. The number of sulfone groups is 1. The zero-order chi connectivity index (χ0) is 19.1. The highest BCUT2D eigenvalue weighted by atomic mass is 32.2. The quantitative estimate of drug-likeness (QED) is 0.502. The van der Waals surface area contributed by atoms with Gasteiger partial charge in [-0.15, -0.1) is 0 Å². The highest BCUT2D eigenvalue weighted by Crippen LogP contribution is 2.22. The minimum Gasteiger partial charge on any atom is -0.319 e. The zero-order valence-corrected chi connectivity index (χ0v) is 15.4. The van der Waals surface area contributed by atoms with Crippen LogP contribution >= 0.6 is 11.3 Å². The van der Waals surface area contributed by atoms with Gasteiger partial charge in [-0.25, -0.2) is 8.42 Å². The van der Waals surface area contributed by atoms with Gasteiger partial charge in [-0.2, -0.15) is 4.99 Å². The summed E-state index contributed by atoms with van der Waals surface area (Å²) in [7, 11) is -1.67. The molecule has 0 aliphatic carbocycles. The Labute approximate surface area is 152 Å². The van der Waals surface area contributed by atoms with Gasteiger partial charge in [0.1, 0.15) is 0 Å². The molecule has 0 aliphatic heterocycles. The standard InChI is InChI=1S/C16H13N3O5S2/c1-18-13-9-11(19(21)22)5-8-14(13)25-16(18)17-15(20)10-3-6-12(7-4-10)26(2,23)24/h3-9H,1-2H3. The molecule has 134 valence electrons. The Hall–Kier alpha value is -2.85. The lowest BCUT2D eigenvalue weighted by Gasteiger charge is -1.99. The van der Waals surface area contributed by atoms with Crippen LogP contribution in [0.2, 0.25) is 0 Å². The third kappa shape index (κ3) is 3.41. The first-order chi connectivity index (χ1) is 12.2. The van der Waals surface area contributed by atoms with Crippen LogP contribution in [0.5, 0.6) is 0 Å². The molecule has 0 saturated carbocycles. The van der Waals surface area contributed by atoms with Crippen molar-refractivity contribution in [2.75, 3.05) is 6.26 Å². The first kappa shape index (κ1) is 18.0. The Kier molecular flexibility index (Phi) is 4.46. The fourth-order valence-corrected chi connectivity index (χ4v) is 3.96. The van der Waals surface area contributed by atoms with Crippen molar-refractivity contribution in [3.05, 3.63) is 62.9 Å². The fraction of sp³-hybridized carbons (Fsp3) is 0.125. The number of nitro groups is 1. The van der Waals surface area contributed by atoms with Crippen LogP contribution < -0.4 is 4.80 Å². The van der Waals surface area contributed by atoms with Crippen molar-refractivity contribution in [2.24, 2.45) is 12.0 Å². The molecular weight excluding hydrogens is 378 g/mol. The summed E-state index contributed by atoms with van der Waals surface area (Å²) in [5.41, 5.74) is 0.809. The molecule has 1 aromatic heterocycles. The molecule has 0 fully saturated rings. The second-order valence-corrected chi connectivity index (χ2v) is 8.59. The van der Waals surface area contributed by atoms with Crippen molar-refractivity contribution in [1.82, 2.24) is 4.57 Å². The van der Waals surface area contributed by atoms with E-state index in [1.165, 1.54) is 47.7 Å². The number of nitrogens with zero attached hydrogens (tertiary/aromatic N) is 3. The van der Waals surface area contributed by atoms with E-state index in [0.717, 1.165) is 11.0 Å². The lowest BCUT2D eigenvalue weighted by Crippen LogP contribution is -2.13. The maximum Gasteiger partial charge on any atom is 0.279 e. The SMILES string of the molecule is Cn1c(=NC(=O)c2ccc(S(C)(=O)=O)cc2)sc2ccc([N+](=O)[O-])cc21. The molecule has 0 N–H and O–H groups in total. The number of benzene rings is 2. The van der Waals surface area contributed by atoms with Gasteiger partial charge in [0.05, 0.1) is 20.0 Å². The van der Waals surface area contributed by atoms with Gasteiger partial charge in [-0.3, -0.25) is 14.9 Å². The number of amides is 1. The minimum absolute atomic E-state index is 0.0415. The Bertz CT molecular complexity index is 1200. The molecule has 0 bridgehead atoms. The molecule has 3 aromatic rings. The number of aryl methyl sites for hydroxylation is 1. The summed E-state index contributed by atoms with van der Waals surface area (Å²) in [5, 5.41) is 10.9. The van der Waals surface area contributed by atoms with Crippen molar-refractivity contribution in [2.45, 2.75) is 4.90 Å². The Morgan fingerprint density at radius 1 is 1.19 bits per heavy atom. The third-order valence-corrected chi connectivity index (χ3v) is 5.97. The van der Waals surface area contributed by atoms with Crippen molar-refractivity contribution in [1.29, 1.82) is 0 Å². The predicted octanol–water partition coefficient (Wildman–Crippen LogP) is 2.29. The molecule has 0 unspecified atom stereocenters. The average molecular weight is 391 g/mol. The number of nitro benzene ring substituents is 1. The van der Waals surface area contributed by atoms with Crippen LogP contribution in [0.3, 0.4) is 0 Å². The second-order valence-electron chi connectivity index (χ2n) is 5.57. The van der Waals surface area contributed by atoms with E-state index in [-0.39, 0.29) is 16.1 Å². The molecule has 0 spiro atoms. The monoisotopic (exact) mass is 391 g/mol. The molecule has 1 heterocycles. The van der Waals surface area contributed by atoms with Gasteiger partial charge < -0.3 is 4.57 Å². The summed E-state index contributed by atoms with van der Waals surface area (Å²) >= 11 is 1.23. The highest BCUT2D eigenvalue weighted by Gasteiger charge is 2.12. The molecule has 0 atom stereocenters. The number of rotatable bonds is 3. The van der Waals surface area contributed by atoms with Crippen molar-refractivity contribution in [3.8, 4) is 0 Å². The van der Waals surface area contributed by atoms with Gasteiger partial charge >= 0.3 is 0 Å². The summed E-state index contributed by atoms with van der Waals surface area (Å²) in [6.07, 6.45) is 1.09. The molecular formula is C16H13N3O5S2. The molecule has 26 heavy (non-hydrogen) atoms. The topological polar surface area (TPSA) is 112 Å². The number of hydrogen-bond donors (Lipinski definition) is 0. The molecule has 1 amide bonds. The lowest BCUT2D eigenvalue weighted by molar-refractivity contribution is -0.384. The van der Waals surface area contributed by atoms with E-state index in [2.05, 4.69) is 4.99 Å². The third-order valence-electron chi connectivity index (χ3n) is 3.73. The summed E-state index contributed by atoms with van der Waals surface area (Å²) in [6.45, 7) is 0. The summed E-state index contributed by atoms with van der Waals surface area (Å²) < 4.78 is 25.3. The normalized spacial score (nSPS) is 12.5. The number of aromatic nitrogens is 1. The first-order valence-corrected chi connectivity index (χ1v) is 10.0. The van der Waals surface area contributed by atoms with Gasteiger partial charge in [-0.1, -0.05) is 11.3 Å². The first-order valence-electron chi connectivity index (χ1n) is 7.30. The van der Waals surface area contributed by atoms with Gasteiger partial charge in [0.25, 0.3) is 11.6 Å². The van der Waals surface area contributed by atoms with Crippen LogP contribution in [0.1, 0.15) is 10.4 Å². The summed E-state index contributed by atoms with van der Waals surface area (Å²) in [6, 6.07) is 9.95. The van der Waals surface area contributed by atoms with Crippen LogP contribution in [0, 0.1) is 10.1 Å². The van der Waals surface area contributed by atoms with Gasteiger partial charge in [0, 0.05) is 31.0 Å². The average Bonchev–Trinajstić information content (AvgIpc) is 2.89. The van der Waals surface area contributed by atoms with E-state index >= 15 is 0 Å². The highest BCUT2D eigenvalue weighted by molar-refractivity contribution is 7.90. The largest absolute Gasteiger partial charge is 0.319 e. The number of non-ortho nitro benzene ring substituents is 1. The molecule has 0 saturated heterocycles. The predicted molar refractivity (Wildman–Crippen MR) is 96.9 cm³/mol. The zero-order valence-electron chi connectivity index (χ0n) is 13.7. The molecule has 0 radical (unpaired) electrons. The number of hydrogen-bond acceptors (Lipinski definition) is 6. The number of carbonyl (C=O) groups is 1. The van der Waals surface area contributed by atoms with E-state index in [1.54, 1.807) is 17.7 Å². The van der Waals surface area contributed by atoms with Gasteiger partial charge in [0.2, 0.25) is 0 Å². The summed E-state index contributed by atoms with van der Waals surface area (Å²) in [5.74, 6) is -0.526. The second kappa shape index (κ2) is 6.46. The number of carbonyl (C=O) groups excluding carboxylic acids is 1. The Morgan fingerprint density at radius 3 is 2.42 bits per heavy atom. The van der Waals surface area contributed by atoms with E-state index in [4.69, 9.17) is 0 Å².